The van der Waals surface area contributed by atoms with Crippen molar-refractivity contribution in [3.8, 4) is 11.5 Å². The van der Waals surface area contributed by atoms with Crippen LogP contribution in [0.1, 0.15) is 9.67 Å². The number of amides is 1. The summed E-state index contributed by atoms with van der Waals surface area (Å²) in [5, 5.41) is 0.827. The van der Waals surface area contributed by atoms with Crippen LogP contribution in [0.25, 0.3) is 10.1 Å². The average Bonchev–Trinajstić information content (AvgIpc) is 3.40. The maximum atomic E-state index is 13.4. The zero-order valence-corrected chi connectivity index (χ0v) is 23.1. The number of carbonyl (C=O) groups excluding carboxylic acids is 1. The van der Waals surface area contributed by atoms with Gasteiger partial charge < -0.3 is 19.3 Å². The summed E-state index contributed by atoms with van der Waals surface area (Å²) in [5.41, 5.74) is 1.67. The number of nitrogens with zero attached hydrogens (tertiary/aromatic N) is 3. The fourth-order valence-corrected chi connectivity index (χ4v) is 6.78. The summed E-state index contributed by atoms with van der Waals surface area (Å²) in [4.78, 5) is 18.2. The molecule has 10 heteroatoms. The molecule has 198 valence electrons. The van der Waals surface area contributed by atoms with Gasteiger partial charge in [-0.15, -0.1) is 11.3 Å². The molecule has 1 amide bonds. The first-order chi connectivity index (χ1) is 18.3. The summed E-state index contributed by atoms with van der Waals surface area (Å²) >= 11 is 1.43. The van der Waals surface area contributed by atoms with Gasteiger partial charge in [-0.3, -0.25) is 9.10 Å². The molecule has 0 bridgehead atoms. The zero-order valence-electron chi connectivity index (χ0n) is 21.5. The Hall–Kier alpha value is -3.76. The first-order valence-electron chi connectivity index (χ1n) is 12.2. The van der Waals surface area contributed by atoms with Gasteiger partial charge in [-0.2, -0.15) is 0 Å². The van der Waals surface area contributed by atoms with Crippen molar-refractivity contribution < 1.29 is 22.7 Å². The molecule has 0 aliphatic carbocycles. The lowest BCUT2D eigenvalue weighted by atomic mass is 10.2. The van der Waals surface area contributed by atoms with Crippen molar-refractivity contribution in [3.63, 3.8) is 0 Å². The van der Waals surface area contributed by atoms with Crippen molar-refractivity contribution in [1.29, 1.82) is 0 Å². The van der Waals surface area contributed by atoms with Crippen molar-refractivity contribution in [2.75, 3.05) is 56.7 Å². The second kappa shape index (κ2) is 10.5. The van der Waals surface area contributed by atoms with E-state index in [0.717, 1.165) is 23.2 Å². The number of piperazine rings is 1. The van der Waals surface area contributed by atoms with E-state index in [1.54, 1.807) is 18.2 Å². The van der Waals surface area contributed by atoms with E-state index in [1.807, 2.05) is 35.2 Å². The van der Waals surface area contributed by atoms with Gasteiger partial charge in [0.25, 0.3) is 15.9 Å². The van der Waals surface area contributed by atoms with E-state index < -0.39 is 10.0 Å². The molecule has 0 unspecified atom stereocenters. The summed E-state index contributed by atoms with van der Waals surface area (Å²) in [7, 11) is 0.621. The molecule has 0 N–H and O–H groups in total. The average molecular weight is 552 g/mol. The van der Waals surface area contributed by atoms with E-state index >= 15 is 0 Å². The summed E-state index contributed by atoms with van der Waals surface area (Å²) in [6.45, 7) is 2.87. The minimum absolute atomic E-state index is 0.00626. The zero-order chi connectivity index (χ0) is 26.9. The second-order valence-electron chi connectivity index (χ2n) is 8.94. The van der Waals surface area contributed by atoms with Crippen LogP contribution in [0.2, 0.25) is 0 Å². The monoisotopic (exact) mass is 551 g/mol. The number of para-hydroxylation sites is 1. The number of sulfonamides is 1. The van der Waals surface area contributed by atoms with Gasteiger partial charge in [0.05, 0.1) is 29.7 Å². The predicted molar refractivity (Wildman–Crippen MR) is 152 cm³/mol. The third-order valence-corrected chi connectivity index (χ3v) is 9.66. The number of benzene rings is 3. The minimum atomic E-state index is -3.85. The Kier molecular flexibility index (Phi) is 7.18. The summed E-state index contributed by atoms with van der Waals surface area (Å²) < 4.78 is 39.4. The van der Waals surface area contributed by atoms with Crippen molar-refractivity contribution in [2.24, 2.45) is 0 Å². The molecule has 0 radical (unpaired) electrons. The van der Waals surface area contributed by atoms with Crippen LogP contribution >= 0.6 is 11.3 Å². The highest BCUT2D eigenvalue weighted by molar-refractivity contribution is 7.92. The predicted octanol–water partition coefficient (Wildman–Crippen LogP) is 4.71. The van der Waals surface area contributed by atoms with Crippen LogP contribution in [0.15, 0.2) is 77.7 Å². The third kappa shape index (κ3) is 4.89. The van der Waals surface area contributed by atoms with Crippen LogP contribution in [0.3, 0.4) is 0 Å². The molecule has 5 rings (SSSR count). The first kappa shape index (κ1) is 25.9. The SMILES string of the molecule is COc1ccc(S(=O)(=O)N(C)c2ccc3sc(C(=O)N4CCN(c5ccccc5)CC4)cc3c2)cc1OC. The molecule has 0 spiro atoms. The van der Waals surface area contributed by atoms with E-state index in [-0.39, 0.29) is 10.8 Å². The quantitative estimate of drug-likeness (QED) is 0.331. The molecule has 2 heterocycles. The van der Waals surface area contributed by atoms with Crippen molar-refractivity contribution in [1.82, 2.24) is 4.90 Å². The number of hydrogen-bond acceptors (Lipinski definition) is 7. The minimum Gasteiger partial charge on any atom is -0.493 e. The number of hydrogen-bond donors (Lipinski definition) is 0. The molecule has 38 heavy (non-hydrogen) atoms. The normalized spacial score (nSPS) is 14.0. The summed E-state index contributed by atoms with van der Waals surface area (Å²) in [6, 6.07) is 22.0. The smallest absolute Gasteiger partial charge is 0.264 e. The lowest BCUT2D eigenvalue weighted by Gasteiger charge is -2.35. The Morgan fingerprint density at radius 2 is 1.58 bits per heavy atom. The molecule has 8 nitrogen and oxygen atoms in total. The number of thiophene rings is 1. The molecule has 1 saturated heterocycles. The Labute approximate surface area is 226 Å². The van der Waals surface area contributed by atoms with E-state index in [0.29, 0.717) is 35.2 Å². The van der Waals surface area contributed by atoms with E-state index in [4.69, 9.17) is 9.47 Å². The highest BCUT2D eigenvalue weighted by atomic mass is 32.2. The topological polar surface area (TPSA) is 79.4 Å². The Bertz CT molecular complexity index is 1560. The fraction of sp³-hybridized carbons (Fsp3) is 0.250. The van der Waals surface area contributed by atoms with Crippen LogP contribution in [-0.4, -0.2) is 66.7 Å². The van der Waals surface area contributed by atoms with Gasteiger partial charge in [-0.05, 0) is 53.9 Å². The molecule has 1 aliphatic heterocycles. The van der Waals surface area contributed by atoms with Crippen LogP contribution in [0, 0.1) is 0 Å². The van der Waals surface area contributed by atoms with Crippen LogP contribution < -0.4 is 18.7 Å². The van der Waals surface area contributed by atoms with Gasteiger partial charge in [0.2, 0.25) is 0 Å². The number of rotatable bonds is 7. The molecule has 4 aromatic rings. The standard InChI is InChI=1S/C28H29N3O5S2/c1-29(38(33,34)23-10-11-24(35-2)25(19-23)36-3)22-9-12-26-20(17-22)18-27(37-26)28(32)31-15-13-30(14-16-31)21-7-5-4-6-8-21/h4-12,17-19H,13-16H2,1-3H3. The molecule has 0 saturated carbocycles. The molecule has 3 aromatic carbocycles. The lowest BCUT2D eigenvalue weighted by Crippen LogP contribution is -2.48. The molecular formula is C28H29N3O5S2. The maximum absolute atomic E-state index is 13.4. The van der Waals surface area contributed by atoms with Crippen LogP contribution in [-0.2, 0) is 10.0 Å². The van der Waals surface area contributed by atoms with E-state index in [9.17, 15) is 13.2 Å². The molecule has 1 aromatic heterocycles. The third-order valence-electron chi connectivity index (χ3n) is 6.78. The van der Waals surface area contributed by atoms with Crippen molar-refractivity contribution in [2.45, 2.75) is 4.90 Å². The Balaban J connectivity index is 1.33. The van der Waals surface area contributed by atoms with Gasteiger partial charge in [0.1, 0.15) is 0 Å². The Morgan fingerprint density at radius 1 is 0.868 bits per heavy atom. The van der Waals surface area contributed by atoms with Crippen LogP contribution in [0.4, 0.5) is 11.4 Å². The highest BCUT2D eigenvalue weighted by Crippen LogP contribution is 2.34. The highest BCUT2D eigenvalue weighted by Gasteiger charge is 2.26. The molecule has 0 atom stereocenters. The molecular weight excluding hydrogens is 522 g/mol. The van der Waals surface area contributed by atoms with Gasteiger partial charge >= 0.3 is 0 Å². The van der Waals surface area contributed by atoms with E-state index in [1.165, 1.54) is 54.7 Å². The van der Waals surface area contributed by atoms with Crippen molar-refractivity contribution >= 4 is 48.7 Å². The van der Waals surface area contributed by atoms with Gasteiger partial charge in [0, 0.05) is 49.7 Å². The first-order valence-corrected chi connectivity index (χ1v) is 14.4. The van der Waals surface area contributed by atoms with Gasteiger partial charge in [-0.25, -0.2) is 8.42 Å². The number of fused-ring (bicyclic) bond motifs is 1. The molecule has 1 fully saturated rings. The number of methoxy groups -OCH3 is 2. The number of ether oxygens (including phenoxy) is 2. The second-order valence-corrected chi connectivity index (χ2v) is 12.0. The number of anilines is 2. The maximum Gasteiger partial charge on any atom is 0.264 e. The number of carbonyl (C=O) groups is 1. The van der Waals surface area contributed by atoms with Gasteiger partial charge in [0.15, 0.2) is 11.5 Å². The lowest BCUT2D eigenvalue weighted by molar-refractivity contribution is 0.0751. The summed E-state index contributed by atoms with van der Waals surface area (Å²) in [5.74, 6) is 0.794. The largest absolute Gasteiger partial charge is 0.493 e. The summed E-state index contributed by atoms with van der Waals surface area (Å²) in [6.07, 6.45) is 0. The van der Waals surface area contributed by atoms with Crippen LogP contribution in [0.5, 0.6) is 11.5 Å². The fourth-order valence-electron chi connectivity index (χ4n) is 4.57. The molecule has 1 aliphatic rings. The van der Waals surface area contributed by atoms with Crippen molar-refractivity contribution in [3.05, 3.63) is 77.7 Å². The van der Waals surface area contributed by atoms with E-state index in [2.05, 4.69) is 17.0 Å². The van der Waals surface area contributed by atoms with Gasteiger partial charge in [-0.1, -0.05) is 18.2 Å². The Morgan fingerprint density at radius 3 is 2.26 bits per heavy atom.